The molecule has 0 radical (unpaired) electrons. The third-order valence-electron chi connectivity index (χ3n) is 5.39. The van der Waals surface area contributed by atoms with Gasteiger partial charge in [-0.15, -0.1) is 0 Å². The first-order valence-corrected chi connectivity index (χ1v) is 10.4. The quantitative estimate of drug-likeness (QED) is 0.766. The van der Waals surface area contributed by atoms with E-state index in [0.717, 1.165) is 11.1 Å². The molecule has 0 spiro atoms. The molecular formula is C21H23N3O4S. The van der Waals surface area contributed by atoms with E-state index in [4.69, 9.17) is 15.2 Å². The fourth-order valence-corrected chi connectivity index (χ4v) is 4.64. The summed E-state index contributed by atoms with van der Waals surface area (Å²) in [7, 11) is 1.61. The van der Waals surface area contributed by atoms with Gasteiger partial charge in [-0.3, -0.25) is 9.59 Å². The molecule has 152 valence electrons. The summed E-state index contributed by atoms with van der Waals surface area (Å²) in [6.07, 6.45) is 5.04. The van der Waals surface area contributed by atoms with Crippen LogP contribution in [-0.2, 0) is 9.59 Å². The van der Waals surface area contributed by atoms with Crippen molar-refractivity contribution in [3.8, 4) is 11.5 Å². The summed E-state index contributed by atoms with van der Waals surface area (Å²) < 4.78 is 11.4. The maximum Gasteiger partial charge on any atom is 0.286 e. The first-order chi connectivity index (χ1) is 14.0. The molecule has 1 fully saturated rings. The van der Waals surface area contributed by atoms with Crippen LogP contribution >= 0.6 is 11.8 Å². The van der Waals surface area contributed by atoms with Crippen molar-refractivity contribution in [2.24, 2.45) is 16.6 Å². The second kappa shape index (κ2) is 7.94. The Morgan fingerprint density at radius 1 is 1.38 bits per heavy atom. The third-order valence-corrected chi connectivity index (χ3v) is 6.43. The minimum absolute atomic E-state index is 0.0913. The van der Waals surface area contributed by atoms with Crippen LogP contribution in [0.1, 0.15) is 25.3 Å². The van der Waals surface area contributed by atoms with Crippen LogP contribution in [0.2, 0.25) is 0 Å². The van der Waals surface area contributed by atoms with Crippen molar-refractivity contribution in [3.05, 3.63) is 40.3 Å². The SMILES string of the molecule is COc1cccc2c1OC(C)C(C=C1SC(N3CCC(C(N)=O)CC3)=NC1=O)=C2. The number of primary amides is 1. The number of hydrogen-bond acceptors (Lipinski definition) is 6. The molecule has 1 saturated heterocycles. The summed E-state index contributed by atoms with van der Waals surface area (Å²) in [5.74, 6) is 0.813. The molecular weight excluding hydrogens is 390 g/mol. The molecule has 0 aromatic heterocycles. The van der Waals surface area contributed by atoms with Gasteiger partial charge in [-0.1, -0.05) is 12.1 Å². The number of carbonyl (C=O) groups excluding carboxylic acids is 2. The number of amidine groups is 1. The van der Waals surface area contributed by atoms with Crippen LogP contribution in [0.25, 0.3) is 6.08 Å². The molecule has 29 heavy (non-hydrogen) atoms. The van der Waals surface area contributed by atoms with Crippen LogP contribution < -0.4 is 15.2 Å². The molecule has 4 rings (SSSR count). The van der Waals surface area contributed by atoms with E-state index in [2.05, 4.69) is 9.89 Å². The Bertz CT molecular complexity index is 945. The number of rotatable bonds is 3. The lowest BCUT2D eigenvalue weighted by Crippen LogP contribution is -2.40. The van der Waals surface area contributed by atoms with Gasteiger partial charge in [0.1, 0.15) is 6.10 Å². The number of fused-ring (bicyclic) bond motifs is 1. The predicted octanol–water partition coefficient (Wildman–Crippen LogP) is 2.57. The van der Waals surface area contributed by atoms with Gasteiger partial charge in [-0.05, 0) is 55.3 Å². The summed E-state index contributed by atoms with van der Waals surface area (Å²) in [6.45, 7) is 3.30. The number of carbonyl (C=O) groups is 2. The highest BCUT2D eigenvalue weighted by atomic mass is 32.2. The molecule has 0 aliphatic carbocycles. The van der Waals surface area contributed by atoms with Crippen molar-refractivity contribution in [1.29, 1.82) is 0 Å². The van der Waals surface area contributed by atoms with Gasteiger partial charge in [-0.25, -0.2) is 0 Å². The Hall–Kier alpha value is -2.74. The van der Waals surface area contributed by atoms with Gasteiger partial charge in [0, 0.05) is 24.6 Å². The van der Waals surface area contributed by atoms with Crippen LogP contribution in [0.4, 0.5) is 0 Å². The van der Waals surface area contributed by atoms with Crippen LogP contribution in [-0.4, -0.2) is 48.2 Å². The van der Waals surface area contributed by atoms with Gasteiger partial charge in [-0.2, -0.15) is 4.99 Å². The molecule has 1 atom stereocenters. The molecule has 1 aromatic carbocycles. The van der Waals surface area contributed by atoms with Crippen LogP contribution in [0.15, 0.2) is 39.7 Å². The molecule has 3 heterocycles. The standard InChI is InChI=1S/C21H23N3O4S/c1-12-15(10-14-4-3-5-16(27-2)18(14)28-12)11-17-20(26)23-21(29-17)24-8-6-13(7-9-24)19(22)25/h3-5,10-13H,6-9H2,1-2H3,(H2,22,25). The van der Waals surface area contributed by atoms with E-state index in [0.29, 0.717) is 47.5 Å². The lowest BCUT2D eigenvalue weighted by Gasteiger charge is -2.31. The van der Waals surface area contributed by atoms with Gasteiger partial charge in [0.2, 0.25) is 5.91 Å². The number of likely N-dealkylation sites (tertiary alicyclic amines) is 1. The fourth-order valence-electron chi connectivity index (χ4n) is 3.67. The number of hydrogen-bond donors (Lipinski definition) is 1. The van der Waals surface area contributed by atoms with E-state index in [-0.39, 0.29) is 23.8 Å². The van der Waals surface area contributed by atoms with Crippen molar-refractivity contribution in [2.45, 2.75) is 25.9 Å². The number of methoxy groups -OCH3 is 1. The van der Waals surface area contributed by atoms with Crippen molar-refractivity contribution in [1.82, 2.24) is 4.90 Å². The number of ether oxygens (including phenoxy) is 2. The Kier molecular flexibility index (Phi) is 5.36. The summed E-state index contributed by atoms with van der Waals surface area (Å²) in [5.41, 5.74) is 7.22. The van der Waals surface area contributed by atoms with Crippen molar-refractivity contribution < 1.29 is 19.1 Å². The van der Waals surface area contributed by atoms with Crippen molar-refractivity contribution in [3.63, 3.8) is 0 Å². The summed E-state index contributed by atoms with van der Waals surface area (Å²) in [4.78, 5) is 30.7. The maximum atomic E-state index is 12.5. The Morgan fingerprint density at radius 2 is 2.14 bits per heavy atom. The zero-order valence-corrected chi connectivity index (χ0v) is 17.2. The number of piperidine rings is 1. The number of benzene rings is 1. The zero-order valence-electron chi connectivity index (χ0n) is 16.4. The highest BCUT2D eigenvalue weighted by Gasteiger charge is 2.31. The maximum absolute atomic E-state index is 12.5. The molecule has 8 heteroatoms. The second-order valence-electron chi connectivity index (χ2n) is 7.26. The van der Waals surface area contributed by atoms with E-state index in [1.54, 1.807) is 7.11 Å². The minimum Gasteiger partial charge on any atom is -0.493 e. The topological polar surface area (TPSA) is 94.2 Å². The Balaban J connectivity index is 1.50. The van der Waals surface area contributed by atoms with E-state index in [1.807, 2.05) is 37.3 Å². The normalized spacial score (nSPS) is 23.4. The number of amides is 2. The van der Waals surface area contributed by atoms with E-state index < -0.39 is 0 Å². The molecule has 2 amide bonds. The summed E-state index contributed by atoms with van der Waals surface area (Å²) in [5, 5.41) is 0.691. The smallest absolute Gasteiger partial charge is 0.286 e. The molecule has 3 aliphatic heterocycles. The number of aliphatic imine (C=N–C) groups is 1. The molecule has 1 aromatic rings. The Labute approximate surface area is 173 Å². The lowest BCUT2D eigenvalue weighted by molar-refractivity contribution is -0.123. The number of para-hydroxylation sites is 1. The van der Waals surface area contributed by atoms with Crippen LogP contribution in [0, 0.1) is 5.92 Å². The lowest BCUT2D eigenvalue weighted by atomic mass is 9.97. The molecule has 0 bridgehead atoms. The van der Waals surface area contributed by atoms with E-state index in [9.17, 15) is 9.59 Å². The molecule has 0 saturated carbocycles. The molecule has 7 nitrogen and oxygen atoms in total. The van der Waals surface area contributed by atoms with Crippen molar-refractivity contribution >= 4 is 34.8 Å². The number of thioether (sulfide) groups is 1. The van der Waals surface area contributed by atoms with Crippen LogP contribution in [0.5, 0.6) is 11.5 Å². The molecule has 1 unspecified atom stereocenters. The summed E-state index contributed by atoms with van der Waals surface area (Å²) in [6, 6.07) is 5.72. The largest absolute Gasteiger partial charge is 0.493 e. The monoisotopic (exact) mass is 413 g/mol. The minimum atomic E-state index is -0.252. The fraction of sp³-hybridized carbons (Fsp3) is 0.381. The average molecular weight is 413 g/mol. The van der Waals surface area contributed by atoms with E-state index >= 15 is 0 Å². The first kappa shape index (κ1) is 19.6. The number of nitrogens with zero attached hydrogens (tertiary/aromatic N) is 2. The predicted molar refractivity (Wildman–Crippen MR) is 113 cm³/mol. The van der Waals surface area contributed by atoms with Gasteiger partial charge in [0.15, 0.2) is 16.7 Å². The van der Waals surface area contributed by atoms with Gasteiger partial charge in [0.05, 0.1) is 12.0 Å². The average Bonchev–Trinajstić information content (AvgIpc) is 3.08. The second-order valence-corrected chi connectivity index (χ2v) is 8.27. The van der Waals surface area contributed by atoms with Gasteiger partial charge >= 0.3 is 0 Å². The van der Waals surface area contributed by atoms with Crippen LogP contribution in [0.3, 0.4) is 0 Å². The summed E-state index contributed by atoms with van der Waals surface area (Å²) >= 11 is 1.37. The molecule has 2 N–H and O–H groups in total. The third kappa shape index (κ3) is 3.89. The highest BCUT2D eigenvalue weighted by Crippen LogP contribution is 2.39. The molecule has 3 aliphatic rings. The Morgan fingerprint density at radius 3 is 2.83 bits per heavy atom. The van der Waals surface area contributed by atoms with Gasteiger partial charge < -0.3 is 20.1 Å². The number of nitrogens with two attached hydrogens (primary N) is 1. The van der Waals surface area contributed by atoms with Crippen molar-refractivity contribution in [2.75, 3.05) is 20.2 Å². The zero-order chi connectivity index (χ0) is 20.5. The highest BCUT2D eigenvalue weighted by molar-refractivity contribution is 8.18. The first-order valence-electron chi connectivity index (χ1n) is 9.58. The van der Waals surface area contributed by atoms with Gasteiger partial charge in [0.25, 0.3) is 5.91 Å². The van der Waals surface area contributed by atoms with E-state index in [1.165, 1.54) is 11.8 Å².